The number of primary amides is 2. The van der Waals surface area contributed by atoms with Gasteiger partial charge in [0.05, 0.1) is 0 Å². The van der Waals surface area contributed by atoms with Gasteiger partial charge in [0.1, 0.15) is 0 Å². The van der Waals surface area contributed by atoms with Crippen LogP contribution in [0.15, 0.2) is 0 Å². The van der Waals surface area contributed by atoms with Gasteiger partial charge in [-0.25, -0.2) is 0 Å². The lowest BCUT2D eigenvalue weighted by Crippen LogP contribution is -2.09. The van der Waals surface area contributed by atoms with Crippen molar-refractivity contribution in [2.45, 2.75) is 117 Å². The second-order valence-corrected chi connectivity index (χ2v) is 6.38. The third kappa shape index (κ3) is 25.9. The summed E-state index contributed by atoms with van der Waals surface area (Å²) in [4.78, 5) is 21.1. The Morgan fingerprint density at radius 3 is 0.792 bits per heavy atom. The topological polar surface area (TPSA) is 86.2 Å². The number of rotatable bonds is 17. The van der Waals surface area contributed by atoms with E-state index < -0.39 is 0 Å². The number of hydrogen-bond acceptors (Lipinski definition) is 2. The number of hydrogen-bond donors (Lipinski definition) is 2. The average molecular weight is 343 g/mol. The van der Waals surface area contributed by atoms with Crippen LogP contribution in [0.4, 0.5) is 0 Å². The van der Waals surface area contributed by atoms with E-state index in [0.29, 0.717) is 12.8 Å². The predicted octanol–water partition coefficient (Wildman–Crippen LogP) is 5.22. The van der Waals surface area contributed by atoms with E-state index in [1.807, 2.05) is 13.8 Å². The summed E-state index contributed by atoms with van der Waals surface area (Å²) in [6, 6.07) is 0. The normalized spacial score (nSPS) is 10.1. The number of carbonyl (C=O) groups excluding carboxylic acids is 2. The first-order chi connectivity index (χ1) is 11.6. The van der Waals surface area contributed by atoms with Crippen LogP contribution in [0.5, 0.6) is 0 Å². The number of carbonyl (C=O) groups is 2. The molecule has 0 bridgehead atoms. The monoisotopic (exact) mass is 342 g/mol. The van der Waals surface area contributed by atoms with E-state index in [1.165, 1.54) is 64.2 Å². The Morgan fingerprint density at radius 2 is 0.625 bits per heavy atom. The van der Waals surface area contributed by atoms with Gasteiger partial charge in [-0.05, 0) is 12.8 Å². The molecule has 0 heterocycles. The zero-order valence-electron chi connectivity index (χ0n) is 16.3. The van der Waals surface area contributed by atoms with Crippen molar-refractivity contribution in [3.05, 3.63) is 0 Å². The summed E-state index contributed by atoms with van der Waals surface area (Å²) in [5.41, 5.74) is 10.2. The molecule has 144 valence electrons. The Labute approximate surface area is 150 Å². The Morgan fingerprint density at radius 1 is 0.458 bits per heavy atom. The summed E-state index contributed by atoms with van der Waals surface area (Å²) in [5.74, 6) is -0.347. The molecule has 4 N–H and O–H groups in total. The van der Waals surface area contributed by atoms with Crippen LogP contribution in [0, 0.1) is 0 Å². The lowest BCUT2D eigenvalue weighted by Gasteiger charge is -2.03. The third-order valence-corrected chi connectivity index (χ3v) is 4.10. The van der Waals surface area contributed by atoms with Crippen molar-refractivity contribution in [3.63, 3.8) is 0 Å². The smallest absolute Gasteiger partial charge is 0.217 e. The zero-order chi connectivity index (χ0) is 18.5. The molecule has 0 saturated heterocycles. The Balaban J connectivity index is 0. The first-order valence-electron chi connectivity index (χ1n) is 10.2. The lowest BCUT2D eigenvalue weighted by atomic mass is 10.0. The Bertz CT molecular complexity index is 253. The van der Waals surface area contributed by atoms with Crippen molar-refractivity contribution >= 4 is 11.8 Å². The van der Waals surface area contributed by atoms with Gasteiger partial charge in [-0.3, -0.25) is 9.59 Å². The molecule has 0 rings (SSSR count). The molecule has 0 aliphatic rings. The molecule has 0 unspecified atom stereocenters. The van der Waals surface area contributed by atoms with Crippen molar-refractivity contribution in [1.29, 1.82) is 0 Å². The number of nitrogens with two attached hydrogens (primary N) is 2. The standard InChI is InChI=1S/C18H36N2O2.C2H6/c19-17(21)15-13-11-9-7-5-3-1-2-4-6-8-10-12-14-16-18(20)22;1-2/h1-16H2,(H2,19,21)(H2,20,22);1-2H3. The van der Waals surface area contributed by atoms with Gasteiger partial charge in [0.15, 0.2) is 0 Å². The summed E-state index contributed by atoms with van der Waals surface area (Å²) in [6.07, 6.45) is 18.3. The quantitative estimate of drug-likeness (QED) is 0.355. The van der Waals surface area contributed by atoms with Gasteiger partial charge in [0, 0.05) is 12.8 Å². The van der Waals surface area contributed by atoms with E-state index in [1.54, 1.807) is 0 Å². The van der Waals surface area contributed by atoms with Crippen LogP contribution >= 0.6 is 0 Å². The molecule has 0 aromatic rings. The minimum atomic E-state index is -0.173. The maximum atomic E-state index is 10.6. The number of amides is 2. The molecule has 0 aromatic heterocycles. The molecular formula is C20H42N2O2. The van der Waals surface area contributed by atoms with Crippen LogP contribution in [0.25, 0.3) is 0 Å². The van der Waals surface area contributed by atoms with Gasteiger partial charge in [-0.2, -0.15) is 0 Å². The third-order valence-electron chi connectivity index (χ3n) is 4.10. The molecule has 0 atom stereocenters. The average Bonchev–Trinajstić information content (AvgIpc) is 2.55. The molecule has 0 aromatic carbocycles. The van der Waals surface area contributed by atoms with Crippen molar-refractivity contribution in [3.8, 4) is 0 Å². The summed E-state index contributed by atoms with van der Waals surface area (Å²) >= 11 is 0. The van der Waals surface area contributed by atoms with Crippen LogP contribution in [-0.2, 0) is 9.59 Å². The second kappa shape index (κ2) is 21.9. The fourth-order valence-corrected chi connectivity index (χ4v) is 2.72. The maximum absolute atomic E-state index is 10.6. The molecular weight excluding hydrogens is 300 g/mol. The summed E-state index contributed by atoms with van der Waals surface area (Å²) in [6.45, 7) is 4.00. The van der Waals surface area contributed by atoms with Crippen LogP contribution < -0.4 is 11.5 Å². The zero-order valence-corrected chi connectivity index (χ0v) is 16.3. The van der Waals surface area contributed by atoms with Crippen molar-refractivity contribution in [1.82, 2.24) is 0 Å². The molecule has 0 aliphatic heterocycles. The van der Waals surface area contributed by atoms with Gasteiger partial charge in [0.2, 0.25) is 11.8 Å². The van der Waals surface area contributed by atoms with Crippen LogP contribution in [0.1, 0.15) is 117 Å². The molecule has 4 nitrogen and oxygen atoms in total. The molecule has 0 aliphatic carbocycles. The first-order valence-corrected chi connectivity index (χ1v) is 10.2. The van der Waals surface area contributed by atoms with E-state index in [4.69, 9.17) is 11.5 Å². The van der Waals surface area contributed by atoms with E-state index in [9.17, 15) is 9.59 Å². The van der Waals surface area contributed by atoms with E-state index in [-0.39, 0.29) is 11.8 Å². The van der Waals surface area contributed by atoms with Crippen LogP contribution in [0.3, 0.4) is 0 Å². The highest BCUT2D eigenvalue weighted by Crippen LogP contribution is 2.13. The fourth-order valence-electron chi connectivity index (χ4n) is 2.72. The number of unbranched alkanes of at least 4 members (excludes halogenated alkanes) is 13. The van der Waals surface area contributed by atoms with E-state index >= 15 is 0 Å². The van der Waals surface area contributed by atoms with Gasteiger partial charge in [-0.1, -0.05) is 90.9 Å². The predicted molar refractivity (Wildman–Crippen MR) is 104 cm³/mol. The maximum Gasteiger partial charge on any atom is 0.217 e. The van der Waals surface area contributed by atoms with Crippen LogP contribution in [-0.4, -0.2) is 11.8 Å². The minimum absolute atomic E-state index is 0.173. The van der Waals surface area contributed by atoms with Gasteiger partial charge in [-0.15, -0.1) is 0 Å². The molecule has 0 spiro atoms. The second-order valence-electron chi connectivity index (χ2n) is 6.38. The fraction of sp³-hybridized carbons (Fsp3) is 0.900. The van der Waals surface area contributed by atoms with E-state index in [2.05, 4.69) is 0 Å². The highest BCUT2D eigenvalue weighted by molar-refractivity contribution is 5.73. The first kappa shape index (κ1) is 25.2. The molecule has 24 heavy (non-hydrogen) atoms. The minimum Gasteiger partial charge on any atom is -0.370 e. The highest BCUT2D eigenvalue weighted by atomic mass is 16.1. The van der Waals surface area contributed by atoms with Crippen molar-refractivity contribution < 1.29 is 9.59 Å². The van der Waals surface area contributed by atoms with Crippen molar-refractivity contribution in [2.75, 3.05) is 0 Å². The SMILES string of the molecule is CC.NC(=O)CCCCCCCCCCCCCCCCC(N)=O. The lowest BCUT2D eigenvalue weighted by molar-refractivity contribution is -0.119. The van der Waals surface area contributed by atoms with Gasteiger partial charge >= 0.3 is 0 Å². The summed E-state index contributed by atoms with van der Waals surface area (Å²) in [5, 5.41) is 0. The molecule has 2 amide bonds. The van der Waals surface area contributed by atoms with Crippen LogP contribution in [0.2, 0.25) is 0 Å². The Kier molecular flexibility index (Phi) is 23.0. The summed E-state index contributed by atoms with van der Waals surface area (Å²) < 4.78 is 0. The highest BCUT2D eigenvalue weighted by Gasteiger charge is 1.97. The summed E-state index contributed by atoms with van der Waals surface area (Å²) in [7, 11) is 0. The Hall–Kier alpha value is -1.06. The largest absolute Gasteiger partial charge is 0.370 e. The van der Waals surface area contributed by atoms with Gasteiger partial charge in [0.25, 0.3) is 0 Å². The van der Waals surface area contributed by atoms with Gasteiger partial charge < -0.3 is 11.5 Å². The molecule has 0 radical (unpaired) electrons. The van der Waals surface area contributed by atoms with Crippen molar-refractivity contribution in [2.24, 2.45) is 11.5 Å². The molecule has 4 heteroatoms. The molecule has 0 fully saturated rings. The molecule has 0 saturated carbocycles. The van der Waals surface area contributed by atoms with E-state index in [0.717, 1.165) is 25.7 Å².